The van der Waals surface area contributed by atoms with E-state index in [9.17, 15) is 4.79 Å². The molecule has 1 aromatic heterocycles. The van der Waals surface area contributed by atoms with Crippen LogP contribution in [0.25, 0.3) is 0 Å². The fraction of sp³-hybridized carbons (Fsp3) is 0.636. The Morgan fingerprint density at radius 2 is 2.27 bits per heavy atom. The van der Waals surface area contributed by atoms with E-state index in [0.717, 1.165) is 6.42 Å². The number of carbonyl (C=O) groups excluding carboxylic acids is 1. The van der Waals surface area contributed by atoms with Crippen LogP contribution in [0.2, 0.25) is 0 Å². The molecular weight excluding hydrogens is 190 g/mol. The van der Waals surface area contributed by atoms with E-state index in [1.165, 1.54) is 0 Å². The first-order chi connectivity index (χ1) is 7.04. The zero-order valence-corrected chi connectivity index (χ0v) is 9.60. The molecule has 0 aliphatic rings. The van der Waals surface area contributed by atoms with E-state index in [1.54, 1.807) is 24.1 Å². The van der Waals surface area contributed by atoms with Gasteiger partial charge in [0.1, 0.15) is 0 Å². The Balaban J connectivity index is 2.73. The number of ketones is 1. The van der Waals surface area contributed by atoms with Gasteiger partial charge in [-0.3, -0.25) is 9.48 Å². The summed E-state index contributed by atoms with van der Waals surface area (Å²) in [6.45, 7) is 4.60. The van der Waals surface area contributed by atoms with Gasteiger partial charge in [-0.15, -0.1) is 0 Å². The van der Waals surface area contributed by atoms with Gasteiger partial charge in [0, 0.05) is 25.7 Å². The minimum Gasteiger partial charge on any atom is -0.330 e. The molecule has 1 rings (SSSR count). The first-order valence-electron chi connectivity index (χ1n) is 5.27. The normalized spacial score (nSPS) is 13.1. The summed E-state index contributed by atoms with van der Waals surface area (Å²) in [6, 6.07) is 0. The highest BCUT2D eigenvalue weighted by Crippen LogP contribution is 2.15. The lowest BCUT2D eigenvalue weighted by Gasteiger charge is -2.14. The lowest BCUT2D eigenvalue weighted by atomic mass is 9.91. The molecule has 84 valence electrons. The van der Waals surface area contributed by atoms with E-state index >= 15 is 0 Å². The third-order valence-corrected chi connectivity index (χ3v) is 2.40. The van der Waals surface area contributed by atoms with Crippen LogP contribution in [0.3, 0.4) is 0 Å². The van der Waals surface area contributed by atoms with Crippen molar-refractivity contribution in [1.82, 2.24) is 9.78 Å². The number of aromatic nitrogens is 2. The summed E-state index contributed by atoms with van der Waals surface area (Å²) in [7, 11) is 1.80. The summed E-state index contributed by atoms with van der Waals surface area (Å²) in [4.78, 5) is 12.0. The molecule has 0 aromatic carbocycles. The molecule has 2 N–H and O–H groups in total. The molecule has 1 atom stereocenters. The van der Waals surface area contributed by atoms with Crippen LogP contribution in [-0.2, 0) is 7.05 Å². The maximum atomic E-state index is 12.0. The van der Waals surface area contributed by atoms with E-state index in [1.807, 2.05) is 0 Å². The third kappa shape index (κ3) is 3.16. The second-order valence-electron chi connectivity index (χ2n) is 4.33. The Bertz CT molecular complexity index is 330. The summed E-state index contributed by atoms with van der Waals surface area (Å²) in [6.07, 6.45) is 4.18. The predicted octanol–water partition coefficient (Wildman–Crippen LogP) is 1.22. The third-order valence-electron chi connectivity index (χ3n) is 2.40. The average molecular weight is 209 g/mol. The largest absolute Gasteiger partial charge is 0.330 e. The zero-order chi connectivity index (χ0) is 11.4. The van der Waals surface area contributed by atoms with Crippen molar-refractivity contribution in [2.24, 2.45) is 24.6 Å². The second kappa shape index (κ2) is 5.07. The molecule has 1 heterocycles. The molecule has 0 aliphatic carbocycles. The van der Waals surface area contributed by atoms with Crippen molar-refractivity contribution in [3.05, 3.63) is 18.0 Å². The lowest BCUT2D eigenvalue weighted by Crippen LogP contribution is -2.25. The van der Waals surface area contributed by atoms with Crippen molar-refractivity contribution in [3.63, 3.8) is 0 Å². The van der Waals surface area contributed by atoms with E-state index in [2.05, 4.69) is 18.9 Å². The molecule has 0 aliphatic heterocycles. The zero-order valence-electron chi connectivity index (χ0n) is 9.60. The topological polar surface area (TPSA) is 60.9 Å². The Kier molecular flexibility index (Phi) is 4.03. The fourth-order valence-corrected chi connectivity index (χ4v) is 1.66. The van der Waals surface area contributed by atoms with Crippen LogP contribution in [0.4, 0.5) is 0 Å². The molecular formula is C11H19N3O. The predicted molar refractivity (Wildman–Crippen MR) is 59.5 cm³/mol. The highest BCUT2D eigenvalue weighted by molar-refractivity contribution is 5.97. The molecule has 4 nitrogen and oxygen atoms in total. The van der Waals surface area contributed by atoms with Gasteiger partial charge in [-0.1, -0.05) is 13.8 Å². The SMILES string of the molecule is CC(C)CC(CN)C(=O)c1cnn(C)c1. The van der Waals surface area contributed by atoms with Gasteiger partial charge in [0.05, 0.1) is 11.8 Å². The number of rotatable bonds is 5. The molecule has 0 amide bonds. The number of nitrogens with two attached hydrogens (primary N) is 1. The van der Waals surface area contributed by atoms with Gasteiger partial charge in [0.25, 0.3) is 0 Å². The Labute approximate surface area is 90.5 Å². The van der Waals surface area contributed by atoms with Gasteiger partial charge in [-0.25, -0.2) is 0 Å². The molecule has 0 bridgehead atoms. The molecule has 0 saturated heterocycles. The van der Waals surface area contributed by atoms with E-state index in [-0.39, 0.29) is 11.7 Å². The summed E-state index contributed by atoms with van der Waals surface area (Å²) < 4.78 is 1.64. The van der Waals surface area contributed by atoms with Gasteiger partial charge in [0.2, 0.25) is 0 Å². The van der Waals surface area contributed by atoms with Gasteiger partial charge in [-0.2, -0.15) is 5.10 Å². The van der Waals surface area contributed by atoms with Crippen molar-refractivity contribution >= 4 is 5.78 Å². The van der Waals surface area contributed by atoms with Crippen LogP contribution in [0.1, 0.15) is 30.6 Å². The summed E-state index contributed by atoms with van der Waals surface area (Å²) in [5.74, 6) is 0.521. The molecule has 15 heavy (non-hydrogen) atoms. The highest BCUT2D eigenvalue weighted by Gasteiger charge is 2.20. The molecule has 1 unspecified atom stereocenters. The minimum absolute atomic E-state index is 0.0748. The van der Waals surface area contributed by atoms with Crippen molar-refractivity contribution in [3.8, 4) is 0 Å². The van der Waals surface area contributed by atoms with Gasteiger partial charge < -0.3 is 5.73 Å². The maximum absolute atomic E-state index is 12.0. The first kappa shape index (κ1) is 11.9. The standard InChI is InChI=1S/C11H19N3O/c1-8(2)4-9(5-12)11(15)10-6-13-14(3)7-10/h6-9H,4-5,12H2,1-3H3. The first-order valence-corrected chi connectivity index (χ1v) is 5.27. The Morgan fingerprint density at radius 1 is 1.60 bits per heavy atom. The van der Waals surface area contributed by atoms with Crippen LogP contribution >= 0.6 is 0 Å². The number of nitrogens with zero attached hydrogens (tertiary/aromatic N) is 2. The summed E-state index contributed by atoms with van der Waals surface area (Å²) in [5, 5.41) is 3.99. The van der Waals surface area contributed by atoms with Crippen molar-refractivity contribution in [2.75, 3.05) is 6.54 Å². The van der Waals surface area contributed by atoms with E-state index in [0.29, 0.717) is 18.0 Å². The Hall–Kier alpha value is -1.16. The number of hydrogen-bond donors (Lipinski definition) is 1. The number of carbonyl (C=O) groups is 1. The van der Waals surface area contributed by atoms with Crippen molar-refractivity contribution in [1.29, 1.82) is 0 Å². The van der Waals surface area contributed by atoms with Gasteiger partial charge in [-0.05, 0) is 12.3 Å². The van der Waals surface area contributed by atoms with E-state index < -0.39 is 0 Å². The average Bonchev–Trinajstić information content (AvgIpc) is 2.60. The highest BCUT2D eigenvalue weighted by atomic mass is 16.1. The monoisotopic (exact) mass is 209 g/mol. The number of hydrogen-bond acceptors (Lipinski definition) is 3. The van der Waals surface area contributed by atoms with Crippen LogP contribution < -0.4 is 5.73 Å². The summed E-state index contributed by atoms with van der Waals surface area (Å²) in [5.41, 5.74) is 6.28. The van der Waals surface area contributed by atoms with Crippen molar-refractivity contribution in [2.45, 2.75) is 20.3 Å². The summed E-state index contributed by atoms with van der Waals surface area (Å²) >= 11 is 0. The molecule has 4 heteroatoms. The maximum Gasteiger partial charge on any atom is 0.170 e. The molecule has 1 aromatic rings. The second-order valence-corrected chi connectivity index (χ2v) is 4.33. The van der Waals surface area contributed by atoms with E-state index in [4.69, 9.17) is 5.73 Å². The van der Waals surface area contributed by atoms with Gasteiger partial charge >= 0.3 is 0 Å². The lowest BCUT2D eigenvalue weighted by molar-refractivity contribution is 0.0908. The van der Waals surface area contributed by atoms with Crippen LogP contribution in [0.15, 0.2) is 12.4 Å². The Morgan fingerprint density at radius 3 is 2.67 bits per heavy atom. The number of Topliss-reactive ketones (excluding diaryl/α,β-unsaturated/α-hetero) is 1. The molecule has 0 radical (unpaired) electrons. The van der Waals surface area contributed by atoms with Crippen molar-refractivity contribution < 1.29 is 4.79 Å². The minimum atomic E-state index is -0.0748. The fourth-order valence-electron chi connectivity index (χ4n) is 1.66. The molecule has 0 saturated carbocycles. The molecule has 0 spiro atoms. The van der Waals surface area contributed by atoms with Crippen LogP contribution in [-0.4, -0.2) is 22.1 Å². The number of aryl methyl sites for hydroxylation is 1. The van der Waals surface area contributed by atoms with Crippen LogP contribution in [0, 0.1) is 11.8 Å². The van der Waals surface area contributed by atoms with Gasteiger partial charge in [0.15, 0.2) is 5.78 Å². The quantitative estimate of drug-likeness (QED) is 0.742. The molecule has 0 fully saturated rings. The smallest absolute Gasteiger partial charge is 0.170 e. The van der Waals surface area contributed by atoms with Crippen LogP contribution in [0.5, 0.6) is 0 Å².